The molecule has 1 amide bonds. The lowest BCUT2D eigenvalue weighted by molar-refractivity contribution is -0.112. The van der Waals surface area contributed by atoms with Crippen LogP contribution in [0.4, 0.5) is 11.4 Å². The van der Waals surface area contributed by atoms with E-state index in [-0.39, 0.29) is 5.91 Å². The average molecular weight is 299 g/mol. The van der Waals surface area contributed by atoms with Crippen LogP contribution in [0.2, 0.25) is 5.02 Å². The first-order valence-electron chi connectivity index (χ1n) is 6.65. The van der Waals surface area contributed by atoms with Gasteiger partial charge in [0.15, 0.2) is 0 Å². The molecule has 0 aliphatic carbocycles. The number of benzene rings is 2. The molecule has 2 aromatic carbocycles. The molecular weight excluding hydrogens is 284 g/mol. The first-order chi connectivity index (χ1) is 10.1. The number of para-hydroxylation sites is 1. The Balaban J connectivity index is 2.17. The number of fused-ring (bicyclic) bond motifs is 1. The zero-order valence-electron chi connectivity index (χ0n) is 11.9. The number of carbonyl (C=O) groups excluding carboxylic acids is 1. The Labute approximate surface area is 129 Å². The second-order valence-electron chi connectivity index (χ2n) is 5.14. The van der Waals surface area contributed by atoms with E-state index in [1.165, 1.54) is 0 Å². The van der Waals surface area contributed by atoms with Crippen molar-refractivity contribution in [3.63, 3.8) is 0 Å². The molecule has 106 valence electrons. The molecule has 4 heteroatoms. The third-order valence-electron chi connectivity index (χ3n) is 3.32. The van der Waals surface area contributed by atoms with Crippen LogP contribution in [0.3, 0.4) is 0 Å². The summed E-state index contributed by atoms with van der Waals surface area (Å²) < 4.78 is 0. The van der Waals surface area contributed by atoms with Gasteiger partial charge in [-0.15, -0.1) is 0 Å². The van der Waals surface area contributed by atoms with E-state index >= 15 is 0 Å². The van der Waals surface area contributed by atoms with Gasteiger partial charge in [-0.1, -0.05) is 35.9 Å². The average Bonchev–Trinajstić information content (AvgIpc) is 2.71. The minimum absolute atomic E-state index is 0.0350. The van der Waals surface area contributed by atoms with Crippen molar-refractivity contribution in [2.75, 3.05) is 19.0 Å². The summed E-state index contributed by atoms with van der Waals surface area (Å²) in [5, 5.41) is 0.614. The number of amides is 1. The predicted molar refractivity (Wildman–Crippen MR) is 86.7 cm³/mol. The lowest BCUT2D eigenvalue weighted by Crippen LogP contribution is -2.21. The maximum absolute atomic E-state index is 12.8. The van der Waals surface area contributed by atoms with E-state index in [1.54, 1.807) is 17.0 Å². The summed E-state index contributed by atoms with van der Waals surface area (Å²) >= 11 is 6.06. The fourth-order valence-electron chi connectivity index (χ4n) is 2.50. The molecular formula is C17H15ClN2O. The van der Waals surface area contributed by atoms with Gasteiger partial charge in [-0.2, -0.15) is 0 Å². The van der Waals surface area contributed by atoms with E-state index in [4.69, 9.17) is 11.6 Å². The first kappa shape index (κ1) is 13.7. The second kappa shape index (κ2) is 5.26. The van der Waals surface area contributed by atoms with Crippen LogP contribution >= 0.6 is 11.6 Å². The highest BCUT2D eigenvalue weighted by Crippen LogP contribution is 2.41. The molecule has 1 aliphatic rings. The van der Waals surface area contributed by atoms with Gasteiger partial charge < -0.3 is 4.90 Å². The van der Waals surface area contributed by atoms with Crippen molar-refractivity contribution in [2.24, 2.45) is 0 Å². The summed E-state index contributed by atoms with van der Waals surface area (Å²) in [6, 6.07) is 15.1. The van der Waals surface area contributed by atoms with Crippen molar-refractivity contribution >= 4 is 34.5 Å². The fourth-order valence-corrected chi connectivity index (χ4v) is 2.68. The molecule has 0 unspecified atom stereocenters. The topological polar surface area (TPSA) is 23.6 Å². The summed E-state index contributed by atoms with van der Waals surface area (Å²) in [4.78, 5) is 16.4. The maximum atomic E-state index is 12.8. The van der Waals surface area contributed by atoms with Crippen molar-refractivity contribution < 1.29 is 4.79 Å². The van der Waals surface area contributed by atoms with Gasteiger partial charge in [0.1, 0.15) is 0 Å². The van der Waals surface area contributed by atoms with Crippen LogP contribution < -0.4 is 4.90 Å². The summed E-state index contributed by atoms with van der Waals surface area (Å²) in [5.41, 5.74) is 3.30. The molecule has 0 atom stereocenters. The number of anilines is 2. The molecule has 0 radical (unpaired) electrons. The molecule has 1 aliphatic heterocycles. The lowest BCUT2D eigenvalue weighted by Gasteiger charge is -2.17. The standard InChI is InChI=1S/C17H15ClN2O/c1-19(2)11-15-14-8-3-4-9-16(14)20(17(15)21)13-7-5-6-12(18)10-13/h3-11H,1-2H3/b15-11+. The molecule has 0 spiro atoms. The van der Waals surface area contributed by atoms with E-state index in [0.29, 0.717) is 10.6 Å². The van der Waals surface area contributed by atoms with Crippen LogP contribution in [0.25, 0.3) is 5.57 Å². The van der Waals surface area contributed by atoms with E-state index in [2.05, 4.69) is 0 Å². The molecule has 3 rings (SSSR count). The Morgan fingerprint density at radius 3 is 2.57 bits per heavy atom. The third-order valence-corrected chi connectivity index (χ3v) is 3.56. The number of halogens is 1. The van der Waals surface area contributed by atoms with Crippen molar-refractivity contribution in [1.82, 2.24) is 4.90 Å². The van der Waals surface area contributed by atoms with Crippen molar-refractivity contribution in [1.29, 1.82) is 0 Å². The summed E-state index contributed by atoms with van der Waals surface area (Å²) in [5.74, 6) is -0.0350. The molecule has 0 saturated heterocycles. The zero-order chi connectivity index (χ0) is 15.0. The van der Waals surface area contributed by atoms with Gasteiger partial charge in [0.2, 0.25) is 0 Å². The number of carbonyl (C=O) groups is 1. The van der Waals surface area contributed by atoms with Crippen LogP contribution in [-0.4, -0.2) is 24.9 Å². The smallest absolute Gasteiger partial charge is 0.265 e. The Kier molecular flexibility index (Phi) is 3.43. The van der Waals surface area contributed by atoms with Crippen LogP contribution in [0.1, 0.15) is 5.56 Å². The minimum atomic E-state index is -0.0350. The monoisotopic (exact) mass is 298 g/mol. The Morgan fingerprint density at radius 1 is 1.10 bits per heavy atom. The zero-order valence-corrected chi connectivity index (χ0v) is 12.6. The van der Waals surface area contributed by atoms with Gasteiger partial charge in [-0.05, 0) is 24.3 Å². The van der Waals surface area contributed by atoms with Crippen molar-refractivity contribution in [3.05, 3.63) is 65.3 Å². The highest BCUT2D eigenvalue weighted by molar-refractivity contribution is 6.35. The van der Waals surface area contributed by atoms with E-state index < -0.39 is 0 Å². The minimum Gasteiger partial charge on any atom is -0.383 e. The van der Waals surface area contributed by atoms with Crippen molar-refractivity contribution in [3.8, 4) is 0 Å². The predicted octanol–water partition coefficient (Wildman–Crippen LogP) is 3.92. The maximum Gasteiger partial charge on any atom is 0.265 e. The van der Waals surface area contributed by atoms with Crippen LogP contribution in [-0.2, 0) is 4.79 Å². The summed E-state index contributed by atoms with van der Waals surface area (Å²) in [7, 11) is 3.82. The summed E-state index contributed by atoms with van der Waals surface area (Å²) in [6.07, 6.45) is 1.85. The number of hydrogen-bond donors (Lipinski definition) is 0. The Morgan fingerprint density at radius 2 is 1.86 bits per heavy atom. The fraction of sp³-hybridized carbons (Fsp3) is 0.118. The van der Waals surface area contributed by atoms with Gasteiger partial charge in [-0.3, -0.25) is 9.69 Å². The van der Waals surface area contributed by atoms with Gasteiger partial charge >= 0.3 is 0 Å². The van der Waals surface area contributed by atoms with E-state index in [0.717, 1.165) is 16.9 Å². The second-order valence-corrected chi connectivity index (χ2v) is 5.58. The van der Waals surface area contributed by atoms with Crippen LogP contribution in [0, 0.1) is 0 Å². The van der Waals surface area contributed by atoms with Crippen LogP contribution in [0.5, 0.6) is 0 Å². The Hall–Kier alpha value is -2.26. The molecule has 0 bridgehead atoms. The van der Waals surface area contributed by atoms with Gasteiger partial charge in [0.25, 0.3) is 5.91 Å². The van der Waals surface area contributed by atoms with Crippen molar-refractivity contribution in [2.45, 2.75) is 0 Å². The normalized spacial score (nSPS) is 15.5. The van der Waals surface area contributed by atoms with E-state index in [1.807, 2.05) is 61.6 Å². The SMILES string of the molecule is CN(C)/C=C1/C(=O)N(c2cccc(Cl)c2)c2ccccc21. The highest BCUT2D eigenvalue weighted by Gasteiger charge is 2.33. The van der Waals surface area contributed by atoms with Crippen LogP contribution in [0.15, 0.2) is 54.7 Å². The number of nitrogens with zero attached hydrogens (tertiary/aromatic N) is 2. The molecule has 0 fully saturated rings. The highest BCUT2D eigenvalue weighted by atomic mass is 35.5. The molecule has 0 aromatic heterocycles. The quantitative estimate of drug-likeness (QED) is 0.785. The molecule has 0 saturated carbocycles. The van der Waals surface area contributed by atoms with Gasteiger partial charge in [-0.25, -0.2) is 0 Å². The molecule has 1 heterocycles. The molecule has 21 heavy (non-hydrogen) atoms. The molecule has 3 nitrogen and oxygen atoms in total. The summed E-state index contributed by atoms with van der Waals surface area (Å²) in [6.45, 7) is 0. The first-order valence-corrected chi connectivity index (χ1v) is 7.03. The Bertz CT molecular complexity index is 737. The van der Waals surface area contributed by atoms with Gasteiger partial charge in [0, 0.05) is 30.9 Å². The molecule has 2 aromatic rings. The number of hydrogen-bond acceptors (Lipinski definition) is 2. The number of rotatable bonds is 2. The van der Waals surface area contributed by atoms with Gasteiger partial charge in [0.05, 0.1) is 16.9 Å². The lowest BCUT2D eigenvalue weighted by atomic mass is 10.1. The largest absolute Gasteiger partial charge is 0.383 e. The van der Waals surface area contributed by atoms with E-state index in [9.17, 15) is 4.79 Å². The third kappa shape index (κ3) is 2.41. The molecule has 0 N–H and O–H groups in total.